The largest absolute Gasteiger partial charge is 0.308 e. The quantitative estimate of drug-likeness (QED) is 0.818. The maximum absolute atomic E-state index is 4.06. The molecule has 0 bridgehead atoms. The summed E-state index contributed by atoms with van der Waals surface area (Å²) in [5, 5.41) is 4.06. The van der Waals surface area contributed by atoms with E-state index >= 15 is 0 Å². The van der Waals surface area contributed by atoms with Gasteiger partial charge in [-0.1, -0.05) is 45.4 Å². The van der Waals surface area contributed by atoms with Crippen molar-refractivity contribution >= 4 is 0 Å². The fraction of sp³-hybridized carbons (Fsp3) is 1.00. The second-order valence-electron chi connectivity index (χ2n) is 7.86. The average molecular weight is 278 g/mol. The van der Waals surface area contributed by atoms with E-state index < -0.39 is 0 Å². The lowest BCUT2D eigenvalue weighted by atomic mass is 9.72. The fourth-order valence-corrected chi connectivity index (χ4v) is 5.08. The van der Waals surface area contributed by atoms with E-state index in [0.29, 0.717) is 11.1 Å². The third-order valence-electron chi connectivity index (χ3n) is 6.59. The van der Waals surface area contributed by atoms with Crippen molar-refractivity contribution in [1.29, 1.82) is 0 Å². The minimum absolute atomic E-state index is 0.463. The summed E-state index contributed by atoms with van der Waals surface area (Å²) in [6.45, 7) is 7.42. The minimum Gasteiger partial charge on any atom is -0.308 e. The first kappa shape index (κ1) is 14.8. The summed E-state index contributed by atoms with van der Waals surface area (Å²) in [4.78, 5) is 2.95. The van der Waals surface area contributed by atoms with E-state index in [0.717, 1.165) is 6.04 Å². The lowest BCUT2D eigenvalue weighted by Gasteiger charge is -2.59. The summed E-state index contributed by atoms with van der Waals surface area (Å²) in [7, 11) is 0. The molecule has 0 amide bonds. The molecule has 2 spiro atoms. The molecule has 0 aromatic carbocycles. The highest BCUT2D eigenvalue weighted by Gasteiger charge is 2.48. The van der Waals surface area contributed by atoms with Crippen LogP contribution in [0.5, 0.6) is 0 Å². The lowest BCUT2D eigenvalue weighted by molar-refractivity contribution is -0.0532. The zero-order valence-electron chi connectivity index (χ0n) is 13.7. The van der Waals surface area contributed by atoms with Gasteiger partial charge in [0.15, 0.2) is 0 Å². The number of rotatable bonds is 2. The van der Waals surface area contributed by atoms with Crippen molar-refractivity contribution in [1.82, 2.24) is 10.2 Å². The highest BCUT2D eigenvalue weighted by molar-refractivity contribution is 5.08. The van der Waals surface area contributed by atoms with E-state index in [1.807, 2.05) is 0 Å². The van der Waals surface area contributed by atoms with E-state index in [1.54, 1.807) is 0 Å². The van der Waals surface area contributed by atoms with Crippen molar-refractivity contribution in [3.05, 3.63) is 0 Å². The number of hydrogen-bond donors (Lipinski definition) is 1. The van der Waals surface area contributed by atoms with Crippen LogP contribution in [-0.4, -0.2) is 35.1 Å². The summed E-state index contributed by atoms with van der Waals surface area (Å²) < 4.78 is 0. The Balaban J connectivity index is 1.79. The smallest absolute Gasteiger partial charge is 0.0337 e. The van der Waals surface area contributed by atoms with Crippen LogP contribution < -0.4 is 5.32 Å². The zero-order chi connectivity index (χ0) is 14.1. The molecule has 2 nitrogen and oxygen atoms in total. The summed E-state index contributed by atoms with van der Waals surface area (Å²) in [6.07, 6.45) is 15.7. The maximum Gasteiger partial charge on any atom is 0.0337 e. The number of nitrogens with zero attached hydrogens (tertiary/aromatic N) is 1. The molecule has 116 valence electrons. The van der Waals surface area contributed by atoms with Gasteiger partial charge in [0.2, 0.25) is 0 Å². The van der Waals surface area contributed by atoms with Gasteiger partial charge >= 0.3 is 0 Å². The highest BCUT2D eigenvalue weighted by atomic mass is 15.3. The molecule has 0 aromatic heterocycles. The molecule has 1 heterocycles. The Morgan fingerprint density at radius 3 is 2.15 bits per heavy atom. The van der Waals surface area contributed by atoms with Gasteiger partial charge in [-0.05, 0) is 39.0 Å². The second-order valence-corrected chi connectivity index (χ2v) is 7.86. The van der Waals surface area contributed by atoms with Gasteiger partial charge in [-0.3, -0.25) is 4.90 Å². The van der Waals surface area contributed by atoms with E-state index in [-0.39, 0.29) is 0 Å². The molecule has 1 saturated heterocycles. The number of nitrogens with one attached hydrogen (secondary N) is 1. The number of hydrogen-bond acceptors (Lipinski definition) is 2. The molecule has 0 aromatic rings. The molecule has 1 aliphatic heterocycles. The van der Waals surface area contributed by atoms with Crippen molar-refractivity contribution in [3.63, 3.8) is 0 Å². The van der Waals surface area contributed by atoms with Crippen LogP contribution in [0, 0.1) is 0 Å². The normalized spacial score (nSPS) is 31.5. The molecule has 1 unspecified atom stereocenters. The zero-order valence-corrected chi connectivity index (χ0v) is 13.7. The van der Waals surface area contributed by atoms with E-state index in [1.165, 1.54) is 83.7 Å². The average Bonchev–Trinajstić information content (AvgIpc) is 2.51. The highest BCUT2D eigenvalue weighted by Crippen LogP contribution is 2.42. The van der Waals surface area contributed by atoms with Crippen molar-refractivity contribution in [2.24, 2.45) is 0 Å². The van der Waals surface area contributed by atoms with Crippen LogP contribution in [0.4, 0.5) is 0 Å². The molecule has 1 N–H and O–H groups in total. The molecule has 2 saturated carbocycles. The van der Waals surface area contributed by atoms with Gasteiger partial charge in [0.05, 0.1) is 0 Å². The number of piperazine rings is 1. The summed E-state index contributed by atoms with van der Waals surface area (Å²) in [5.41, 5.74) is 0.959. The van der Waals surface area contributed by atoms with Crippen molar-refractivity contribution in [2.45, 2.75) is 102 Å². The third-order valence-corrected chi connectivity index (χ3v) is 6.59. The van der Waals surface area contributed by atoms with Gasteiger partial charge in [0.25, 0.3) is 0 Å². The Morgan fingerprint density at radius 1 is 0.950 bits per heavy atom. The molecule has 2 heteroatoms. The first-order valence-corrected chi connectivity index (χ1v) is 9.22. The van der Waals surface area contributed by atoms with E-state index in [4.69, 9.17) is 0 Å². The molecule has 3 fully saturated rings. The van der Waals surface area contributed by atoms with Crippen LogP contribution in [-0.2, 0) is 0 Å². The van der Waals surface area contributed by atoms with Crippen LogP contribution >= 0.6 is 0 Å². The van der Waals surface area contributed by atoms with Gasteiger partial charge in [0, 0.05) is 30.2 Å². The first-order chi connectivity index (χ1) is 9.70. The Morgan fingerprint density at radius 2 is 1.55 bits per heavy atom. The molecular weight excluding hydrogens is 244 g/mol. The van der Waals surface area contributed by atoms with Gasteiger partial charge < -0.3 is 5.32 Å². The van der Waals surface area contributed by atoms with Crippen LogP contribution in [0.3, 0.4) is 0 Å². The van der Waals surface area contributed by atoms with Crippen molar-refractivity contribution in [2.75, 3.05) is 13.1 Å². The summed E-state index contributed by atoms with van der Waals surface area (Å²) >= 11 is 0. The van der Waals surface area contributed by atoms with Gasteiger partial charge in [-0.15, -0.1) is 0 Å². The molecule has 1 atom stereocenters. The minimum atomic E-state index is 0.463. The molecule has 20 heavy (non-hydrogen) atoms. The molecule has 3 aliphatic rings. The topological polar surface area (TPSA) is 15.3 Å². The van der Waals surface area contributed by atoms with Gasteiger partial charge in [-0.25, -0.2) is 0 Å². The predicted octanol–water partition coefficient (Wildman–Crippen LogP) is 4.10. The summed E-state index contributed by atoms with van der Waals surface area (Å²) in [6, 6.07) is 0.758. The first-order valence-electron chi connectivity index (χ1n) is 9.22. The van der Waals surface area contributed by atoms with Crippen LogP contribution in [0.25, 0.3) is 0 Å². The Kier molecular flexibility index (Phi) is 4.42. The molecule has 2 aliphatic carbocycles. The van der Waals surface area contributed by atoms with Gasteiger partial charge in [0.1, 0.15) is 0 Å². The van der Waals surface area contributed by atoms with E-state index in [9.17, 15) is 0 Å². The van der Waals surface area contributed by atoms with Crippen LogP contribution in [0.1, 0.15) is 84.5 Å². The Bertz CT molecular complexity index is 313. The molecule has 0 radical (unpaired) electrons. The maximum atomic E-state index is 4.06. The lowest BCUT2D eigenvalue weighted by Crippen LogP contribution is -2.72. The Labute approximate surface area is 125 Å². The monoisotopic (exact) mass is 278 g/mol. The van der Waals surface area contributed by atoms with Gasteiger partial charge in [-0.2, -0.15) is 0 Å². The fourth-order valence-electron chi connectivity index (χ4n) is 5.08. The molecule has 3 rings (SSSR count). The Hall–Kier alpha value is -0.0800. The predicted molar refractivity (Wildman–Crippen MR) is 86.1 cm³/mol. The van der Waals surface area contributed by atoms with Crippen LogP contribution in [0.2, 0.25) is 0 Å². The molecular formula is C18H34N2. The summed E-state index contributed by atoms with van der Waals surface area (Å²) in [5.74, 6) is 0. The standard InChI is InChI=1S/C18H34N2/c1-3-16(2)20-15-17(10-6-4-7-11-17)19-14-18(20)12-8-5-9-13-18/h16,19H,3-15H2,1-2H3. The van der Waals surface area contributed by atoms with E-state index in [2.05, 4.69) is 24.1 Å². The third kappa shape index (κ3) is 2.66. The van der Waals surface area contributed by atoms with Crippen molar-refractivity contribution in [3.8, 4) is 0 Å². The second kappa shape index (κ2) is 5.96. The van der Waals surface area contributed by atoms with Crippen LogP contribution in [0.15, 0.2) is 0 Å². The van der Waals surface area contributed by atoms with Crippen molar-refractivity contribution < 1.29 is 0 Å². The SMILES string of the molecule is CCC(C)N1CC2(CCCCC2)NCC12CCCCC2.